The van der Waals surface area contributed by atoms with Gasteiger partial charge in [-0.2, -0.15) is 0 Å². The summed E-state index contributed by atoms with van der Waals surface area (Å²) in [6.07, 6.45) is 2.31. The van der Waals surface area contributed by atoms with Crippen LogP contribution in [0.4, 0.5) is 0 Å². The third kappa shape index (κ3) is 4.10. The van der Waals surface area contributed by atoms with Crippen LogP contribution in [0.5, 0.6) is 23.1 Å². The second kappa shape index (κ2) is 8.47. The Morgan fingerprint density at radius 3 is 2.52 bits per heavy atom. The Morgan fingerprint density at radius 1 is 1.11 bits per heavy atom. The molecule has 27 heavy (non-hydrogen) atoms. The molecule has 1 aliphatic heterocycles. The van der Waals surface area contributed by atoms with E-state index in [1.54, 1.807) is 29.3 Å². The monoisotopic (exact) mass is 436 g/mol. The molecule has 1 aromatic carbocycles. The van der Waals surface area contributed by atoms with Crippen LogP contribution in [0.15, 0.2) is 34.9 Å². The summed E-state index contributed by atoms with van der Waals surface area (Å²) in [6.45, 7) is 1.08. The molecule has 1 atom stereocenters. The smallest absolute Gasteiger partial charge is 0.257 e. The highest BCUT2D eigenvalue weighted by Gasteiger charge is 2.31. The van der Waals surface area contributed by atoms with Gasteiger partial charge in [-0.15, -0.1) is 0 Å². The van der Waals surface area contributed by atoms with Crippen molar-refractivity contribution in [3.05, 3.63) is 40.5 Å². The van der Waals surface area contributed by atoms with Crippen LogP contribution in [-0.4, -0.2) is 56.3 Å². The first-order chi connectivity index (χ1) is 13.1. The third-order valence-electron chi connectivity index (χ3n) is 4.35. The van der Waals surface area contributed by atoms with Gasteiger partial charge in [-0.1, -0.05) is 0 Å². The van der Waals surface area contributed by atoms with Crippen molar-refractivity contribution in [2.75, 3.05) is 34.4 Å². The van der Waals surface area contributed by atoms with Gasteiger partial charge in [0.2, 0.25) is 11.6 Å². The fourth-order valence-corrected chi connectivity index (χ4v) is 3.29. The number of halogens is 1. The maximum Gasteiger partial charge on any atom is 0.257 e. The largest absolute Gasteiger partial charge is 0.493 e. The molecule has 144 valence electrons. The van der Waals surface area contributed by atoms with Gasteiger partial charge in [-0.05, 0) is 34.1 Å². The number of likely N-dealkylation sites (tertiary alicyclic amines) is 1. The summed E-state index contributed by atoms with van der Waals surface area (Å²) >= 11 is 3.35. The lowest BCUT2D eigenvalue weighted by atomic mass is 10.1. The first-order valence-corrected chi connectivity index (χ1v) is 9.23. The zero-order valence-electron chi connectivity index (χ0n) is 15.4. The van der Waals surface area contributed by atoms with Crippen LogP contribution in [0.2, 0.25) is 0 Å². The molecule has 1 aliphatic rings. The van der Waals surface area contributed by atoms with Crippen molar-refractivity contribution in [3.63, 3.8) is 0 Å². The van der Waals surface area contributed by atoms with Gasteiger partial charge in [-0.3, -0.25) is 4.79 Å². The summed E-state index contributed by atoms with van der Waals surface area (Å²) in [4.78, 5) is 19.0. The first kappa shape index (κ1) is 19.3. The third-order valence-corrected chi connectivity index (χ3v) is 4.82. The van der Waals surface area contributed by atoms with Crippen molar-refractivity contribution in [1.29, 1.82) is 0 Å². The van der Waals surface area contributed by atoms with E-state index in [0.717, 1.165) is 10.9 Å². The number of aromatic nitrogens is 1. The van der Waals surface area contributed by atoms with E-state index in [0.29, 0.717) is 41.8 Å². The van der Waals surface area contributed by atoms with Crippen LogP contribution in [0.25, 0.3) is 0 Å². The molecule has 0 saturated carbocycles. The standard InChI is InChI=1S/C19H21BrN2O5/c1-24-15-6-5-14(17(25-2)18(15)26-3)19(23)22-9-8-13(11-22)27-16-7-4-12(20)10-21-16/h4-7,10,13H,8-9,11H2,1-3H3. The van der Waals surface area contributed by atoms with Crippen LogP contribution >= 0.6 is 15.9 Å². The number of hydrogen-bond acceptors (Lipinski definition) is 6. The predicted octanol–water partition coefficient (Wildman–Crippen LogP) is 3.16. The molecule has 3 rings (SSSR count). The lowest BCUT2D eigenvalue weighted by Gasteiger charge is -2.20. The lowest BCUT2D eigenvalue weighted by Crippen LogP contribution is -2.31. The van der Waals surface area contributed by atoms with Crippen LogP contribution in [0.3, 0.4) is 0 Å². The topological polar surface area (TPSA) is 70.1 Å². The Balaban J connectivity index is 1.74. The highest BCUT2D eigenvalue weighted by Crippen LogP contribution is 2.40. The molecule has 1 aromatic heterocycles. The molecule has 2 heterocycles. The summed E-state index contributed by atoms with van der Waals surface area (Å²) in [5.74, 6) is 1.68. The van der Waals surface area contributed by atoms with Crippen molar-refractivity contribution in [3.8, 4) is 23.1 Å². The fourth-order valence-electron chi connectivity index (χ4n) is 3.05. The van der Waals surface area contributed by atoms with Crippen LogP contribution in [-0.2, 0) is 0 Å². The lowest BCUT2D eigenvalue weighted by molar-refractivity contribution is 0.0767. The molecular formula is C19H21BrN2O5. The Bertz CT molecular complexity index is 812. The molecule has 2 aromatic rings. The van der Waals surface area contributed by atoms with Gasteiger partial charge in [0.25, 0.3) is 5.91 Å². The molecule has 1 fully saturated rings. The van der Waals surface area contributed by atoms with Gasteiger partial charge < -0.3 is 23.8 Å². The average molecular weight is 437 g/mol. The van der Waals surface area contributed by atoms with Gasteiger partial charge in [-0.25, -0.2) is 4.98 Å². The molecule has 7 nitrogen and oxygen atoms in total. The van der Waals surface area contributed by atoms with E-state index >= 15 is 0 Å². The molecule has 0 N–H and O–H groups in total. The quantitative estimate of drug-likeness (QED) is 0.692. The van der Waals surface area contributed by atoms with Crippen molar-refractivity contribution < 1.29 is 23.7 Å². The van der Waals surface area contributed by atoms with E-state index in [1.807, 2.05) is 6.07 Å². The van der Waals surface area contributed by atoms with Gasteiger partial charge >= 0.3 is 0 Å². The minimum Gasteiger partial charge on any atom is -0.493 e. The number of carbonyl (C=O) groups excluding carboxylic acids is 1. The zero-order valence-corrected chi connectivity index (χ0v) is 17.0. The van der Waals surface area contributed by atoms with E-state index in [1.165, 1.54) is 21.3 Å². The molecule has 0 bridgehead atoms. The van der Waals surface area contributed by atoms with Crippen LogP contribution in [0.1, 0.15) is 16.8 Å². The molecule has 1 amide bonds. The fraction of sp³-hybridized carbons (Fsp3) is 0.368. The van der Waals surface area contributed by atoms with E-state index in [9.17, 15) is 4.79 Å². The Hall–Kier alpha value is -2.48. The molecule has 1 unspecified atom stereocenters. The van der Waals surface area contributed by atoms with E-state index in [4.69, 9.17) is 18.9 Å². The van der Waals surface area contributed by atoms with Crippen molar-refractivity contribution in [2.45, 2.75) is 12.5 Å². The summed E-state index contributed by atoms with van der Waals surface area (Å²) < 4.78 is 22.8. The van der Waals surface area contributed by atoms with Crippen LogP contribution < -0.4 is 18.9 Å². The number of rotatable bonds is 6. The normalized spacial score (nSPS) is 16.1. The van der Waals surface area contributed by atoms with E-state index in [-0.39, 0.29) is 12.0 Å². The number of benzene rings is 1. The van der Waals surface area contributed by atoms with Crippen molar-refractivity contribution in [1.82, 2.24) is 9.88 Å². The molecule has 8 heteroatoms. The first-order valence-electron chi connectivity index (χ1n) is 8.43. The Labute approximate surface area is 166 Å². The van der Waals surface area contributed by atoms with Gasteiger partial charge in [0.15, 0.2) is 11.5 Å². The van der Waals surface area contributed by atoms with Gasteiger partial charge in [0.1, 0.15) is 6.10 Å². The number of hydrogen-bond donors (Lipinski definition) is 0. The molecular weight excluding hydrogens is 416 g/mol. The molecule has 0 aliphatic carbocycles. The predicted molar refractivity (Wildman–Crippen MR) is 103 cm³/mol. The minimum absolute atomic E-state index is 0.103. The van der Waals surface area contributed by atoms with E-state index < -0.39 is 0 Å². The van der Waals surface area contributed by atoms with Crippen LogP contribution in [0, 0.1) is 0 Å². The SMILES string of the molecule is COc1ccc(C(=O)N2CCC(Oc3ccc(Br)cn3)C2)c(OC)c1OC. The second-order valence-electron chi connectivity index (χ2n) is 5.98. The van der Waals surface area contributed by atoms with Crippen molar-refractivity contribution in [2.24, 2.45) is 0 Å². The number of nitrogens with zero attached hydrogens (tertiary/aromatic N) is 2. The maximum atomic E-state index is 13.0. The highest BCUT2D eigenvalue weighted by molar-refractivity contribution is 9.10. The summed E-state index contributed by atoms with van der Waals surface area (Å²) in [5, 5.41) is 0. The average Bonchev–Trinajstić information content (AvgIpc) is 3.16. The minimum atomic E-state index is -0.136. The Kier molecular flexibility index (Phi) is 6.05. The molecule has 1 saturated heterocycles. The highest BCUT2D eigenvalue weighted by atomic mass is 79.9. The van der Waals surface area contributed by atoms with E-state index in [2.05, 4.69) is 20.9 Å². The second-order valence-corrected chi connectivity index (χ2v) is 6.89. The maximum absolute atomic E-state index is 13.0. The molecule has 0 spiro atoms. The number of ether oxygens (including phenoxy) is 4. The summed E-state index contributed by atoms with van der Waals surface area (Å²) in [7, 11) is 4.56. The summed E-state index contributed by atoms with van der Waals surface area (Å²) in [5.41, 5.74) is 0.428. The molecule has 0 radical (unpaired) electrons. The number of carbonyl (C=O) groups is 1. The Morgan fingerprint density at radius 2 is 1.89 bits per heavy atom. The van der Waals surface area contributed by atoms with Gasteiger partial charge in [0, 0.05) is 29.7 Å². The zero-order chi connectivity index (χ0) is 19.4. The van der Waals surface area contributed by atoms with Gasteiger partial charge in [0.05, 0.1) is 33.4 Å². The summed E-state index contributed by atoms with van der Waals surface area (Å²) in [6, 6.07) is 7.05. The number of pyridine rings is 1. The van der Waals surface area contributed by atoms with Crippen molar-refractivity contribution >= 4 is 21.8 Å². The number of methoxy groups -OCH3 is 3. The number of amides is 1.